The molecule has 20 heavy (non-hydrogen) atoms. The summed E-state index contributed by atoms with van der Waals surface area (Å²) in [6, 6.07) is 0.568. The Bertz CT molecular complexity index is 607. The highest BCUT2D eigenvalue weighted by atomic mass is 35.5. The van der Waals surface area contributed by atoms with E-state index in [9.17, 15) is 0 Å². The average molecular weight is 294 g/mol. The highest BCUT2D eigenvalue weighted by molar-refractivity contribution is 6.30. The molecular weight excluding hydrogens is 274 g/mol. The van der Waals surface area contributed by atoms with Gasteiger partial charge in [0.15, 0.2) is 0 Å². The zero-order valence-electron chi connectivity index (χ0n) is 12.0. The van der Waals surface area contributed by atoms with E-state index in [2.05, 4.69) is 26.9 Å². The number of hydrogen-bond donors (Lipinski definition) is 0. The van der Waals surface area contributed by atoms with Gasteiger partial charge in [-0.3, -0.25) is 0 Å². The lowest BCUT2D eigenvalue weighted by atomic mass is 9.98. The van der Waals surface area contributed by atoms with Gasteiger partial charge in [-0.25, -0.2) is 0 Å². The highest BCUT2D eigenvalue weighted by Crippen LogP contribution is 2.32. The lowest BCUT2D eigenvalue weighted by Gasteiger charge is -2.38. The lowest BCUT2D eigenvalue weighted by molar-refractivity contribution is 0.428. The van der Waals surface area contributed by atoms with Crippen molar-refractivity contribution in [3.05, 3.63) is 17.0 Å². The number of fused-ring (bicyclic) bond motifs is 1. The molecule has 0 spiro atoms. The molecule has 2 aromatic rings. The molecule has 2 aromatic heterocycles. The summed E-state index contributed by atoms with van der Waals surface area (Å²) in [6.45, 7) is 5.31. The van der Waals surface area contributed by atoms with Crippen molar-refractivity contribution in [2.24, 2.45) is 0 Å². The Morgan fingerprint density at radius 1 is 1.40 bits per heavy atom. The molecule has 5 nitrogen and oxygen atoms in total. The molecule has 0 saturated carbocycles. The summed E-state index contributed by atoms with van der Waals surface area (Å²) >= 11 is 6.27. The van der Waals surface area contributed by atoms with Crippen LogP contribution in [0.4, 0.5) is 5.82 Å². The van der Waals surface area contributed by atoms with Gasteiger partial charge in [0.2, 0.25) is 0 Å². The smallest absolute Gasteiger partial charge is 0.255 e. The quantitative estimate of drug-likeness (QED) is 0.815. The molecule has 0 bridgehead atoms. The first-order valence-electron chi connectivity index (χ1n) is 7.35. The SMILES string of the molecule is CCCC1CCCCN1c1c(C)c(Cl)nc2ncnn12. The second-order valence-corrected chi connectivity index (χ2v) is 5.81. The number of nitrogens with zero attached hydrogens (tertiary/aromatic N) is 5. The van der Waals surface area contributed by atoms with Crippen LogP contribution in [0, 0.1) is 6.92 Å². The first-order chi connectivity index (χ1) is 9.72. The van der Waals surface area contributed by atoms with Gasteiger partial charge < -0.3 is 4.90 Å². The maximum atomic E-state index is 6.27. The molecule has 1 saturated heterocycles. The molecule has 6 heteroatoms. The molecule has 108 valence electrons. The number of hydrogen-bond acceptors (Lipinski definition) is 4. The van der Waals surface area contributed by atoms with E-state index in [1.54, 1.807) is 6.33 Å². The van der Waals surface area contributed by atoms with Crippen LogP contribution in [-0.4, -0.2) is 32.2 Å². The van der Waals surface area contributed by atoms with Gasteiger partial charge in [0.25, 0.3) is 5.78 Å². The van der Waals surface area contributed by atoms with E-state index in [1.165, 1.54) is 32.1 Å². The van der Waals surface area contributed by atoms with Gasteiger partial charge in [-0.1, -0.05) is 24.9 Å². The summed E-state index contributed by atoms with van der Waals surface area (Å²) < 4.78 is 1.83. The Kier molecular flexibility index (Phi) is 3.78. The van der Waals surface area contributed by atoms with Crippen molar-refractivity contribution in [3.8, 4) is 0 Å². The summed E-state index contributed by atoms with van der Waals surface area (Å²) in [6.07, 6.45) is 7.70. The summed E-state index contributed by atoms with van der Waals surface area (Å²) in [5.74, 6) is 1.65. The summed E-state index contributed by atoms with van der Waals surface area (Å²) in [4.78, 5) is 10.9. The number of anilines is 1. The van der Waals surface area contributed by atoms with Gasteiger partial charge in [0.1, 0.15) is 17.3 Å². The van der Waals surface area contributed by atoms with Gasteiger partial charge in [-0.05, 0) is 32.6 Å². The molecular formula is C14H20ClN5. The Hall–Kier alpha value is -1.36. The molecule has 1 aliphatic heterocycles. The largest absolute Gasteiger partial charge is 0.353 e. The van der Waals surface area contributed by atoms with Crippen molar-refractivity contribution in [2.45, 2.75) is 52.0 Å². The normalized spacial score (nSPS) is 19.8. The van der Waals surface area contributed by atoms with Crippen molar-refractivity contribution < 1.29 is 0 Å². The minimum atomic E-state index is 0.529. The van der Waals surface area contributed by atoms with Crippen LogP contribution in [0.15, 0.2) is 6.33 Å². The van der Waals surface area contributed by atoms with Crippen molar-refractivity contribution in [1.82, 2.24) is 19.6 Å². The Labute approximate surface area is 124 Å². The van der Waals surface area contributed by atoms with Gasteiger partial charge in [-0.15, -0.1) is 0 Å². The third kappa shape index (κ3) is 2.24. The molecule has 0 aromatic carbocycles. The maximum absolute atomic E-state index is 6.27. The average Bonchev–Trinajstić information content (AvgIpc) is 2.89. The summed E-state index contributed by atoms with van der Waals surface area (Å²) in [7, 11) is 0. The van der Waals surface area contributed by atoms with Gasteiger partial charge >= 0.3 is 0 Å². The highest BCUT2D eigenvalue weighted by Gasteiger charge is 2.26. The predicted molar refractivity (Wildman–Crippen MR) is 80.4 cm³/mol. The first-order valence-corrected chi connectivity index (χ1v) is 7.72. The minimum absolute atomic E-state index is 0.529. The minimum Gasteiger partial charge on any atom is -0.353 e. The van der Waals surface area contributed by atoms with E-state index >= 15 is 0 Å². The number of aromatic nitrogens is 4. The van der Waals surface area contributed by atoms with Gasteiger partial charge in [0, 0.05) is 18.2 Å². The third-order valence-corrected chi connectivity index (χ3v) is 4.46. The molecule has 1 atom stereocenters. The van der Waals surface area contributed by atoms with Crippen LogP contribution in [0.3, 0.4) is 0 Å². The van der Waals surface area contributed by atoms with E-state index in [-0.39, 0.29) is 0 Å². The van der Waals surface area contributed by atoms with E-state index in [0.717, 1.165) is 17.9 Å². The molecule has 0 amide bonds. The van der Waals surface area contributed by atoms with E-state index < -0.39 is 0 Å². The fraction of sp³-hybridized carbons (Fsp3) is 0.643. The fourth-order valence-corrected chi connectivity index (χ4v) is 3.29. The first kappa shape index (κ1) is 13.6. The van der Waals surface area contributed by atoms with Crippen LogP contribution < -0.4 is 4.90 Å². The standard InChI is InChI=1S/C14H20ClN5/c1-3-6-11-7-4-5-8-19(11)13-10(2)12(15)18-14-16-9-17-20(13)14/h9,11H,3-8H2,1-2H3. The maximum Gasteiger partial charge on any atom is 0.255 e. The molecule has 0 N–H and O–H groups in total. The Morgan fingerprint density at radius 3 is 3.05 bits per heavy atom. The van der Waals surface area contributed by atoms with Crippen molar-refractivity contribution >= 4 is 23.2 Å². The molecule has 0 radical (unpaired) electrons. The topological polar surface area (TPSA) is 46.3 Å². The zero-order chi connectivity index (χ0) is 14.1. The lowest BCUT2D eigenvalue weighted by Crippen LogP contribution is -2.41. The molecule has 3 rings (SSSR count). The van der Waals surface area contributed by atoms with Crippen LogP contribution in [0.5, 0.6) is 0 Å². The van der Waals surface area contributed by atoms with Crippen LogP contribution in [0.2, 0.25) is 5.15 Å². The van der Waals surface area contributed by atoms with Crippen LogP contribution in [-0.2, 0) is 0 Å². The van der Waals surface area contributed by atoms with Crippen molar-refractivity contribution in [1.29, 1.82) is 0 Å². The van der Waals surface area contributed by atoms with Crippen LogP contribution in [0.1, 0.15) is 44.6 Å². The van der Waals surface area contributed by atoms with E-state index in [1.807, 2.05) is 11.4 Å². The number of rotatable bonds is 3. The van der Waals surface area contributed by atoms with Crippen molar-refractivity contribution in [3.63, 3.8) is 0 Å². The molecule has 0 aliphatic carbocycles. The Balaban J connectivity index is 2.11. The van der Waals surface area contributed by atoms with Crippen LogP contribution in [0.25, 0.3) is 5.78 Å². The number of halogens is 1. The second-order valence-electron chi connectivity index (χ2n) is 5.45. The summed E-state index contributed by atoms with van der Waals surface area (Å²) in [5.41, 5.74) is 0.993. The predicted octanol–water partition coefficient (Wildman–Crippen LogP) is 3.25. The second kappa shape index (κ2) is 5.56. The van der Waals surface area contributed by atoms with Crippen LogP contribution >= 0.6 is 11.6 Å². The summed E-state index contributed by atoms with van der Waals surface area (Å²) in [5, 5.41) is 4.86. The molecule has 1 fully saturated rings. The monoisotopic (exact) mass is 293 g/mol. The van der Waals surface area contributed by atoms with E-state index in [4.69, 9.17) is 11.6 Å². The Morgan fingerprint density at radius 2 is 2.25 bits per heavy atom. The number of piperidine rings is 1. The molecule has 3 heterocycles. The molecule has 1 unspecified atom stereocenters. The van der Waals surface area contributed by atoms with Crippen molar-refractivity contribution in [2.75, 3.05) is 11.4 Å². The van der Waals surface area contributed by atoms with Gasteiger partial charge in [-0.2, -0.15) is 19.6 Å². The van der Waals surface area contributed by atoms with Gasteiger partial charge in [0.05, 0.1) is 0 Å². The third-order valence-electron chi connectivity index (χ3n) is 4.09. The zero-order valence-corrected chi connectivity index (χ0v) is 12.8. The fourth-order valence-electron chi connectivity index (χ4n) is 3.13. The molecule has 1 aliphatic rings. The van der Waals surface area contributed by atoms with E-state index in [0.29, 0.717) is 17.0 Å².